The minimum absolute atomic E-state index is 0.112. The Labute approximate surface area is 216 Å². The average molecular weight is 511 g/mol. The normalized spacial score (nSPS) is 24.6. The van der Waals surface area contributed by atoms with Crippen molar-refractivity contribution in [2.45, 2.75) is 64.4 Å². The van der Waals surface area contributed by atoms with E-state index >= 15 is 8.78 Å². The first kappa shape index (κ1) is 25.8. The molecule has 196 valence electrons. The molecule has 0 heterocycles. The van der Waals surface area contributed by atoms with Crippen LogP contribution in [0.3, 0.4) is 0 Å². The van der Waals surface area contributed by atoms with E-state index < -0.39 is 17.8 Å². The fourth-order valence-electron chi connectivity index (χ4n) is 6.20. The topological polar surface area (TPSA) is 9.23 Å². The first-order chi connectivity index (χ1) is 17.8. The third-order valence-corrected chi connectivity index (χ3v) is 8.54. The Hall–Kier alpha value is -2.82. The van der Waals surface area contributed by atoms with E-state index in [-0.39, 0.29) is 11.6 Å². The van der Waals surface area contributed by atoms with Gasteiger partial charge in [-0.05, 0) is 103 Å². The second kappa shape index (κ2) is 10.9. The lowest BCUT2D eigenvalue weighted by Gasteiger charge is -2.38. The molecule has 0 spiro atoms. The van der Waals surface area contributed by atoms with Gasteiger partial charge in [-0.15, -0.1) is 0 Å². The summed E-state index contributed by atoms with van der Waals surface area (Å²) in [6.07, 6.45) is 4.54. The zero-order chi connectivity index (χ0) is 26.0. The summed E-state index contributed by atoms with van der Waals surface area (Å²) in [6.45, 7) is 2.31. The SMILES string of the molecule is CC1CCC(C2CCC(C(F)(F)Oc3ccc(-c4ccc(-c5ccc(F)cc5)c(F)c4)cc3)CC2)CC1. The first-order valence-electron chi connectivity index (χ1n) is 13.5. The van der Waals surface area contributed by atoms with Gasteiger partial charge in [-0.2, -0.15) is 8.78 Å². The van der Waals surface area contributed by atoms with Crippen LogP contribution in [0, 0.1) is 35.3 Å². The van der Waals surface area contributed by atoms with Crippen LogP contribution in [-0.4, -0.2) is 6.11 Å². The summed E-state index contributed by atoms with van der Waals surface area (Å²) in [5.74, 6) is 0.614. The summed E-state index contributed by atoms with van der Waals surface area (Å²) < 4.78 is 63.2. The van der Waals surface area contributed by atoms with E-state index in [4.69, 9.17) is 4.74 Å². The lowest BCUT2D eigenvalue weighted by molar-refractivity contribution is -0.224. The Morgan fingerprint density at radius 3 is 1.78 bits per heavy atom. The highest BCUT2D eigenvalue weighted by Crippen LogP contribution is 2.45. The number of ether oxygens (including phenoxy) is 1. The average Bonchev–Trinajstić information content (AvgIpc) is 2.90. The number of hydrogen-bond acceptors (Lipinski definition) is 1. The maximum Gasteiger partial charge on any atom is 0.400 e. The maximum atomic E-state index is 15.0. The zero-order valence-electron chi connectivity index (χ0n) is 21.2. The van der Waals surface area contributed by atoms with Crippen LogP contribution in [0.2, 0.25) is 0 Å². The molecule has 2 aliphatic rings. The van der Waals surface area contributed by atoms with Crippen LogP contribution >= 0.6 is 0 Å². The van der Waals surface area contributed by atoms with Gasteiger partial charge >= 0.3 is 6.11 Å². The summed E-state index contributed by atoms with van der Waals surface area (Å²) in [5.41, 5.74) is 2.27. The van der Waals surface area contributed by atoms with Crippen molar-refractivity contribution in [1.29, 1.82) is 0 Å². The number of alkyl halides is 2. The van der Waals surface area contributed by atoms with Gasteiger partial charge < -0.3 is 4.74 Å². The lowest BCUT2D eigenvalue weighted by atomic mass is 9.69. The second-order valence-electron chi connectivity index (χ2n) is 11.0. The highest BCUT2D eigenvalue weighted by atomic mass is 19.3. The van der Waals surface area contributed by atoms with Crippen molar-refractivity contribution in [1.82, 2.24) is 0 Å². The van der Waals surface area contributed by atoms with Gasteiger partial charge in [-0.3, -0.25) is 0 Å². The minimum Gasteiger partial charge on any atom is -0.432 e. The van der Waals surface area contributed by atoms with Crippen molar-refractivity contribution in [3.05, 3.63) is 78.4 Å². The lowest BCUT2D eigenvalue weighted by Crippen LogP contribution is -2.38. The number of benzene rings is 3. The molecule has 2 fully saturated rings. The van der Waals surface area contributed by atoms with Crippen molar-refractivity contribution in [2.75, 3.05) is 0 Å². The summed E-state index contributed by atoms with van der Waals surface area (Å²) in [4.78, 5) is 0. The number of rotatable bonds is 6. The number of hydrogen-bond donors (Lipinski definition) is 0. The molecule has 37 heavy (non-hydrogen) atoms. The Bertz CT molecular complexity index is 1170. The Morgan fingerprint density at radius 2 is 1.19 bits per heavy atom. The molecular formula is C32H34F4O. The Balaban J connectivity index is 1.19. The van der Waals surface area contributed by atoms with Crippen LogP contribution < -0.4 is 4.74 Å². The smallest absolute Gasteiger partial charge is 0.400 e. The molecule has 0 saturated heterocycles. The van der Waals surface area contributed by atoms with Crippen LogP contribution in [0.4, 0.5) is 17.6 Å². The van der Waals surface area contributed by atoms with E-state index in [0.29, 0.717) is 46.9 Å². The van der Waals surface area contributed by atoms with E-state index in [9.17, 15) is 8.78 Å². The van der Waals surface area contributed by atoms with Gasteiger partial charge in [0.1, 0.15) is 17.4 Å². The molecule has 3 aromatic rings. The summed E-state index contributed by atoms with van der Waals surface area (Å²) in [6, 6.07) is 16.8. The van der Waals surface area contributed by atoms with Crippen molar-refractivity contribution >= 4 is 0 Å². The summed E-state index contributed by atoms with van der Waals surface area (Å²) >= 11 is 0. The molecule has 0 unspecified atom stereocenters. The third-order valence-electron chi connectivity index (χ3n) is 8.54. The monoisotopic (exact) mass is 510 g/mol. The molecule has 5 heteroatoms. The Morgan fingerprint density at radius 1 is 0.649 bits per heavy atom. The third kappa shape index (κ3) is 6.02. The van der Waals surface area contributed by atoms with E-state index in [2.05, 4.69) is 6.92 Å². The molecule has 0 radical (unpaired) electrons. The fourth-order valence-corrected chi connectivity index (χ4v) is 6.20. The molecule has 0 aliphatic heterocycles. The standard InChI is InChI=1S/C32H34F4O/c1-21-2-4-22(5-3-21)23-6-13-27(14-7-23)32(35,36)37-29-17-10-24(11-18-29)26-12-19-30(31(34)20-26)25-8-15-28(33)16-9-25/h8-12,15-23,27H,2-7,13-14H2,1H3. The first-order valence-corrected chi connectivity index (χ1v) is 13.5. The molecule has 0 atom stereocenters. The van der Waals surface area contributed by atoms with Gasteiger partial charge in [0, 0.05) is 5.56 Å². The molecule has 0 bridgehead atoms. The molecule has 0 amide bonds. The molecule has 1 nitrogen and oxygen atoms in total. The minimum atomic E-state index is -3.21. The van der Waals surface area contributed by atoms with E-state index in [0.717, 1.165) is 18.8 Å². The predicted octanol–water partition coefficient (Wildman–Crippen LogP) is 9.90. The molecular weight excluding hydrogens is 476 g/mol. The van der Waals surface area contributed by atoms with Gasteiger partial charge in [0.25, 0.3) is 0 Å². The van der Waals surface area contributed by atoms with Crippen LogP contribution in [0.25, 0.3) is 22.3 Å². The molecule has 0 N–H and O–H groups in total. The summed E-state index contributed by atoms with van der Waals surface area (Å²) in [5, 5.41) is 0. The van der Waals surface area contributed by atoms with Gasteiger partial charge in [0.15, 0.2) is 0 Å². The van der Waals surface area contributed by atoms with Crippen molar-refractivity contribution < 1.29 is 22.3 Å². The van der Waals surface area contributed by atoms with E-state index in [1.807, 2.05) is 0 Å². The molecule has 0 aromatic heterocycles. The second-order valence-corrected chi connectivity index (χ2v) is 11.0. The van der Waals surface area contributed by atoms with E-state index in [1.165, 1.54) is 68.1 Å². The maximum absolute atomic E-state index is 15.0. The Kier molecular flexibility index (Phi) is 7.60. The van der Waals surface area contributed by atoms with Gasteiger partial charge in [-0.25, -0.2) is 8.78 Å². The van der Waals surface area contributed by atoms with Crippen molar-refractivity contribution in [2.24, 2.45) is 23.7 Å². The van der Waals surface area contributed by atoms with Crippen LogP contribution in [0.5, 0.6) is 5.75 Å². The largest absolute Gasteiger partial charge is 0.432 e. The van der Waals surface area contributed by atoms with Gasteiger partial charge in [-0.1, -0.05) is 56.2 Å². The molecule has 3 aromatic carbocycles. The van der Waals surface area contributed by atoms with Crippen LogP contribution in [-0.2, 0) is 0 Å². The molecule has 5 rings (SSSR count). The van der Waals surface area contributed by atoms with Crippen LogP contribution in [0.15, 0.2) is 66.7 Å². The summed E-state index contributed by atoms with van der Waals surface area (Å²) in [7, 11) is 0. The van der Waals surface area contributed by atoms with Gasteiger partial charge in [0.05, 0.1) is 5.92 Å². The quantitative estimate of drug-likeness (QED) is 0.300. The number of halogens is 4. The fraction of sp³-hybridized carbons (Fsp3) is 0.438. The predicted molar refractivity (Wildman–Crippen MR) is 139 cm³/mol. The molecule has 2 saturated carbocycles. The van der Waals surface area contributed by atoms with E-state index in [1.54, 1.807) is 24.3 Å². The van der Waals surface area contributed by atoms with Gasteiger partial charge in [0.2, 0.25) is 0 Å². The zero-order valence-corrected chi connectivity index (χ0v) is 21.2. The molecule has 2 aliphatic carbocycles. The highest BCUT2D eigenvalue weighted by Gasteiger charge is 2.45. The van der Waals surface area contributed by atoms with Crippen molar-refractivity contribution in [3.63, 3.8) is 0 Å². The van der Waals surface area contributed by atoms with Crippen LogP contribution in [0.1, 0.15) is 58.3 Å². The van der Waals surface area contributed by atoms with Crippen molar-refractivity contribution in [3.8, 4) is 28.0 Å². The highest BCUT2D eigenvalue weighted by molar-refractivity contribution is 5.71.